The average molecular weight is 285 g/mol. The van der Waals surface area contributed by atoms with Gasteiger partial charge in [0, 0.05) is 18.4 Å². The lowest BCUT2D eigenvalue weighted by molar-refractivity contribution is 0.318. The minimum atomic E-state index is 0.00116. The molecule has 0 radical (unpaired) electrons. The van der Waals surface area contributed by atoms with Crippen molar-refractivity contribution in [2.75, 3.05) is 11.4 Å². The summed E-state index contributed by atoms with van der Waals surface area (Å²) in [5.41, 5.74) is 8.93. The van der Waals surface area contributed by atoms with Gasteiger partial charge in [-0.3, -0.25) is 9.97 Å². The number of aromatic nitrogens is 2. The molecule has 0 fully saturated rings. The van der Waals surface area contributed by atoms with Crippen LogP contribution in [-0.2, 0) is 6.54 Å². The van der Waals surface area contributed by atoms with Crippen molar-refractivity contribution in [3.05, 3.63) is 53.6 Å². The van der Waals surface area contributed by atoms with E-state index in [1.807, 2.05) is 44.2 Å². The predicted molar refractivity (Wildman–Crippen MR) is 82.4 cm³/mol. The Hall–Kier alpha value is -2.63. The van der Waals surface area contributed by atoms with Crippen LogP contribution in [0.2, 0.25) is 0 Å². The molecule has 0 aliphatic heterocycles. The molecule has 2 aromatic heterocycles. The van der Waals surface area contributed by atoms with Gasteiger partial charge >= 0.3 is 0 Å². The summed E-state index contributed by atoms with van der Waals surface area (Å²) in [4.78, 5) is 10.8. The molecule has 0 amide bonds. The third kappa shape index (κ3) is 3.47. The molecule has 0 unspecified atom stereocenters. The zero-order valence-electron chi connectivity index (χ0n) is 12.2. The Kier molecular flexibility index (Phi) is 4.71. The Balaban J connectivity index is 2.34. The van der Waals surface area contributed by atoms with Crippen LogP contribution >= 0.6 is 0 Å². The third-order valence-corrected chi connectivity index (χ3v) is 3.16. The van der Waals surface area contributed by atoms with Gasteiger partial charge in [-0.1, -0.05) is 11.2 Å². The number of hydrogen-bond acceptors (Lipinski definition) is 5. The lowest BCUT2D eigenvalue weighted by Crippen LogP contribution is -2.27. The number of nitrogens with two attached hydrogens (primary N) is 1. The van der Waals surface area contributed by atoms with Gasteiger partial charge < -0.3 is 15.8 Å². The lowest BCUT2D eigenvalue weighted by Gasteiger charge is -2.24. The maximum Gasteiger partial charge on any atom is 0.190 e. The quantitative estimate of drug-likeness (QED) is 0.379. The molecule has 110 valence electrons. The van der Waals surface area contributed by atoms with Gasteiger partial charge in [0.25, 0.3) is 0 Å². The normalized spacial score (nSPS) is 11.4. The molecule has 6 heteroatoms. The summed E-state index contributed by atoms with van der Waals surface area (Å²) in [6, 6.07) is 9.66. The molecule has 0 saturated heterocycles. The number of oxime groups is 1. The maximum atomic E-state index is 8.89. The summed E-state index contributed by atoms with van der Waals surface area (Å²) in [5.74, 6) is 0.00116. The van der Waals surface area contributed by atoms with Gasteiger partial charge in [-0.25, -0.2) is 0 Å². The van der Waals surface area contributed by atoms with Crippen molar-refractivity contribution in [1.82, 2.24) is 9.97 Å². The fourth-order valence-electron chi connectivity index (χ4n) is 2.15. The molecule has 0 aliphatic carbocycles. The van der Waals surface area contributed by atoms with E-state index in [9.17, 15) is 0 Å². The van der Waals surface area contributed by atoms with Crippen molar-refractivity contribution in [2.45, 2.75) is 20.4 Å². The first kappa shape index (κ1) is 14.8. The molecule has 0 aromatic carbocycles. The van der Waals surface area contributed by atoms with E-state index in [2.05, 4.69) is 20.0 Å². The van der Waals surface area contributed by atoms with Gasteiger partial charge in [-0.05, 0) is 38.1 Å². The van der Waals surface area contributed by atoms with Crippen LogP contribution in [0.3, 0.4) is 0 Å². The van der Waals surface area contributed by atoms with E-state index in [-0.39, 0.29) is 5.84 Å². The van der Waals surface area contributed by atoms with Gasteiger partial charge in [0.2, 0.25) is 0 Å². The number of nitrogens with zero attached hydrogens (tertiary/aromatic N) is 4. The van der Waals surface area contributed by atoms with Gasteiger partial charge in [0.15, 0.2) is 5.84 Å². The Morgan fingerprint density at radius 3 is 2.81 bits per heavy atom. The van der Waals surface area contributed by atoms with E-state index < -0.39 is 0 Å². The largest absolute Gasteiger partial charge is 0.409 e. The Labute approximate surface area is 123 Å². The zero-order chi connectivity index (χ0) is 15.2. The molecule has 2 heterocycles. The summed E-state index contributed by atoms with van der Waals surface area (Å²) >= 11 is 0. The molecule has 0 spiro atoms. The summed E-state index contributed by atoms with van der Waals surface area (Å²) in [6.45, 7) is 5.40. The monoisotopic (exact) mass is 285 g/mol. The third-order valence-electron chi connectivity index (χ3n) is 3.16. The van der Waals surface area contributed by atoms with Crippen molar-refractivity contribution in [2.24, 2.45) is 10.9 Å². The van der Waals surface area contributed by atoms with E-state index in [0.717, 1.165) is 23.6 Å². The molecule has 6 nitrogen and oxygen atoms in total. The highest BCUT2D eigenvalue weighted by molar-refractivity contribution is 6.00. The summed E-state index contributed by atoms with van der Waals surface area (Å²) in [5, 5.41) is 11.9. The Bertz CT molecular complexity index is 641. The molecule has 2 aromatic rings. The Morgan fingerprint density at radius 2 is 2.14 bits per heavy atom. The number of aryl methyl sites for hydroxylation is 1. The van der Waals surface area contributed by atoms with E-state index in [4.69, 9.17) is 10.9 Å². The highest BCUT2D eigenvalue weighted by atomic mass is 16.4. The molecule has 21 heavy (non-hydrogen) atoms. The van der Waals surface area contributed by atoms with Crippen molar-refractivity contribution >= 4 is 11.5 Å². The van der Waals surface area contributed by atoms with Crippen molar-refractivity contribution < 1.29 is 5.21 Å². The van der Waals surface area contributed by atoms with Crippen LogP contribution in [0.4, 0.5) is 5.69 Å². The van der Waals surface area contributed by atoms with Gasteiger partial charge in [-0.2, -0.15) is 0 Å². The number of rotatable bonds is 5. The van der Waals surface area contributed by atoms with E-state index in [1.165, 1.54) is 0 Å². The number of pyridine rings is 2. The van der Waals surface area contributed by atoms with Gasteiger partial charge in [0.05, 0.1) is 17.9 Å². The maximum absolute atomic E-state index is 8.89. The smallest absolute Gasteiger partial charge is 0.190 e. The second-order valence-corrected chi connectivity index (χ2v) is 4.64. The number of hydrogen-bond donors (Lipinski definition) is 2. The molecule has 0 saturated carbocycles. The summed E-state index contributed by atoms with van der Waals surface area (Å²) in [6.07, 6.45) is 1.62. The molecular weight excluding hydrogens is 266 g/mol. The van der Waals surface area contributed by atoms with Crippen LogP contribution < -0.4 is 10.6 Å². The fourth-order valence-corrected chi connectivity index (χ4v) is 2.15. The molecule has 0 atom stereocenters. The molecular formula is C15H19N5O. The van der Waals surface area contributed by atoms with Crippen LogP contribution in [-0.4, -0.2) is 27.6 Å². The number of amidine groups is 1. The molecule has 0 aliphatic rings. The first-order valence-electron chi connectivity index (χ1n) is 6.76. The highest BCUT2D eigenvalue weighted by Gasteiger charge is 2.14. The summed E-state index contributed by atoms with van der Waals surface area (Å²) in [7, 11) is 0. The van der Waals surface area contributed by atoms with Crippen molar-refractivity contribution in [3.63, 3.8) is 0 Å². The minimum absolute atomic E-state index is 0.00116. The van der Waals surface area contributed by atoms with E-state index in [1.54, 1.807) is 6.20 Å². The topological polar surface area (TPSA) is 87.6 Å². The minimum Gasteiger partial charge on any atom is -0.409 e. The highest BCUT2D eigenvalue weighted by Crippen LogP contribution is 2.20. The van der Waals surface area contributed by atoms with Crippen LogP contribution in [0.25, 0.3) is 0 Å². The van der Waals surface area contributed by atoms with Crippen LogP contribution in [0.15, 0.2) is 41.7 Å². The van der Waals surface area contributed by atoms with Crippen molar-refractivity contribution in [3.8, 4) is 0 Å². The second kappa shape index (κ2) is 6.69. The van der Waals surface area contributed by atoms with Gasteiger partial charge in [-0.15, -0.1) is 0 Å². The molecule has 0 bridgehead atoms. The van der Waals surface area contributed by atoms with E-state index >= 15 is 0 Å². The standard InChI is InChI=1S/C15H19N5O/c1-3-20(10-12-7-4-6-11(2)18-12)13-8-5-9-17-14(13)15(16)19-21/h4-9,21H,3,10H2,1-2H3,(H2,16,19). The Morgan fingerprint density at radius 1 is 1.33 bits per heavy atom. The fraction of sp³-hybridized carbons (Fsp3) is 0.267. The van der Waals surface area contributed by atoms with Crippen LogP contribution in [0.1, 0.15) is 24.0 Å². The second-order valence-electron chi connectivity index (χ2n) is 4.64. The first-order chi connectivity index (χ1) is 10.2. The van der Waals surface area contributed by atoms with E-state index in [0.29, 0.717) is 12.2 Å². The summed E-state index contributed by atoms with van der Waals surface area (Å²) < 4.78 is 0. The predicted octanol–water partition coefficient (Wildman–Crippen LogP) is 1.91. The van der Waals surface area contributed by atoms with Crippen LogP contribution in [0, 0.1) is 6.92 Å². The molecule has 3 N–H and O–H groups in total. The molecule has 2 rings (SSSR count). The van der Waals surface area contributed by atoms with Gasteiger partial charge in [0.1, 0.15) is 5.69 Å². The SMILES string of the molecule is CCN(Cc1cccc(C)n1)c1cccnc1/C(N)=N/O. The zero-order valence-corrected chi connectivity index (χ0v) is 12.2. The first-order valence-corrected chi connectivity index (χ1v) is 6.76. The average Bonchev–Trinajstić information content (AvgIpc) is 2.52. The van der Waals surface area contributed by atoms with Crippen molar-refractivity contribution in [1.29, 1.82) is 0 Å². The lowest BCUT2D eigenvalue weighted by atomic mass is 10.2. The number of anilines is 1. The van der Waals surface area contributed by atoms with Crippen LogP contribution in [0.5, 0.6) is 0 Å².